The third-order valence-corrected chi connectivity index (χ3v) is 10.4. The van der Waals surface area contributed by atoms with E-state index in [4.69, 9.17) is 0 Å². The van der Waals surface area contributed by atoms with Crippen LogP contribution in [0.15, 0.2) is 94.6 Å². The van der Waals surface area contributed by atoms with Crippen molar-refractivity contribution in [3.63, 3.8) is 0 Å². The van der Waals surface area contributed by atoms with Crippen molar-refractivity contribution < 1.29 is 22.8 Å². The molecule has 0 bridgehead atoms. The summed E-state index contributed by atoms with van der Waals surface area (Å²) in [5, 5.41) is 11.5. The standard InChI is InChI=1S/C37H31BrF3N9O3/c1-21-19-48-31(20-47(21)35(52)22-7-9-29(38)28(14-22)37(39,40)41)32(34(51)45-15-23-5-2-3-6-27(23)33-43-11-4-12-44-33)49(36(48)53)25-8-10-30-24(13-25)16-46-50(30)26-17-42-18-26/h2-14,16,21,26,42H,15,17-20H2,1H3,(H,45,51)/t21-/m0/s1. The number of benzene rings is 3. The van der Waals surface area contributed by atoms with E-state index in [1.54, 1.807) is 43.7 Å². The third-order valence-electron chi connectivity index (χ3n) is 9.75. The second-order valence-corrected chi connectivity index (χ2v) is 13.9. The van der Waals surface area contributed by atoms with Crippen LogP contribution in [0.4, 0.5) is 13.2 Å². The maximum Gasteiger partial charge on any atom is 0.417 e. The van der Waals surface area contributed by atoms with Crippen molar-refractivity contribution in [1.29, 1.82) is 0 Å². The SMILES string of the molecule is C[C@H]1Cn2c(c(C(=O)NCc3ccccc3-c3ncccn3)n(-c3ccc4c(cnn4C4CNC4)c3)c2=O)CN1C(=O)c1ccc(Br)c(C(F)(F)F)c1. The van der Waals surface area contributed by atoms with Crippen LogP contribution < -0.4 is 16.3 Å². The first-order valence-corrected chi connectivity index (χ1v) is 17.6. The number of alkyl halides is 3. The van der Waals surface area contributed by atoms with Crippen LogP contribution >= 0.6 is 15.9 Å². The highest BCUT2D eigenvalue weighted by molar-refractivity contribution is 9.10. The zero-order valence-electron chi connectivity index (χ0n) is 28.1. The lowest BCUT2D eigenvalue weighted by atomic mass is 10.1. The summed E-state index contributed by atoms with van der Waals surface area (Å²) in [5.41, 5.74) is 1.37. The molecular formula is C37H31BrF3N9O3. The summed E-state index contributed by atoms with van der Waals surface area (Å²) in [6.45, 7) is 3.17. The molecule has 2 N–H and O–H groups in total. The van der Waals surface area contributed by atoms with Crippen LogP contribution in [-0.4, -0.2) is 64.7 Å². The van der Waals surface area contributed by atoms with E-state index in [9.17, 15) is 27.6 Å². The number of fused-ring (bicyclic) bond motifs is 2. The van der Waals surface area contributed by atoms with Crippen molar-refractivity contribution >= 4 is 38.6 Å². The van der Waals surface area contributed by atoms with Gasteiger partial charge in [0, 0.05) is 65.6 Å². The molecular weight excluding hydrogens is 755 g/mol. The van der Waals surface area contributed by atoms with Gasteiger partial charge < -0.3 is 15.5 Å². The number of hydrogen-bond acceptors (Lipinski definition) is 7. The summed E-state index contributed by atoms with van der Waals surface area (Å²) in [4.78, 5) is 52.7. The van der Waals surface area contributed by atoms with Crippen molar-refractivity contribution in [2.24, 2.45) is 0 Å². The van der Waals surface area contributed by atoms with Crippen LogP contribution in [0, 0.1) is 0 Å². The third kappa shape index (κ3) is 6.20. The highest BCUT2D eigenvalue weighted by Gasteiger charge is 2.38. The number of halogens is 4. The fraction of sp³-hybridized carbons (Fsp3) is 0.243. The van der Waals surface area contributed by atoms with Gasteiger partial charge in [0.25, 0.3) is 11.8 Å². The van der Waals surface area contributed by atoms with Gasteiger partial charge in [-0.2, -0.15) is 18.3 Å². The molecule has 53 heavy (non-hydrogen) atoms. The predicted molar refractivity (Wildman–Crippen MR) is 192 cm³/mol. The van der Waals surface area contributed by atoms with Gasteiger partial charge in [-0.25, -0.2) is 14.8 Å². The maximum atomic E-state index is 14.4. The van der Waals surface area contributed by atoms with Crippen LogP contribution in [-0.2, 0) is 25.8 Å². The number of carbonyl (C=O) groups excluding carboxylic acids is 2. The fourth-order valence-electron chi connectivity index (χ4n) is 6.91. The van der Waals surface area contributed by atoms with Gasteiger partial charge in [-0.3, -0.25) is 23.4 Å². The minimum Gasteiger partial charge on any atom is -0.347 e. The molecule has 0 radical (unpaired) electrons. The zero-order valence-corrected chi connectivity index (χ0v) is 29.7. The maximum absolute atomic E-state index is 14.4. The second-order valence-electron chi connectivity index (χ2n) is 13.1. The van der Waals surface area contributed by atoms with E-state index >= 15 is 0 Å². The molecule has 1 fully saturated rings. The number of imidazole rings is 1. The van der Waals surface area contributed by atoms with E-state index in [1.165, 1.54) is 26.2 Å². The summed E-state index contributed by atoms with van der Waals surface area (Å²) in [7, 11) is 0. The minimum absolute atomic E-state index is 0.00913. The zero-order chi connectivity index (χ0) is 37.0. The summed E-state index contributed by atoms with van der Waals surface area (Å²) in [6.07, 6.45) is 0.277. The molecule has 3 aromatic heterocycles. The second kappa shape index (κ2) is 13.4. The average Bonchev–Trinajstić information content (AvgIpc) is 3.66. The summed E-state index contributed by atoms with van der Waals surface area (Å²) < 4.78 is 45.9. The molecule has 2 amide bonds. The molecule has 3 aromatic carbocycles. The molecule has 2 aliphatic rings. The van der Waals surface area contributed by atoms with E-state index in [2.05, 4.69) is 41.6 Å². The summed E-state index contributed by atoms with van der Waals surface area (Å²) in [5.74, 6) is -0.767. The Bertz CT molecular complexity index is 2460. The first kappa shape index (κ1) is 34.5. The Kier molecular flexibility index (Phi) is 8.73. The molecule has 1 saturated heterocycles. The Morgan fingerprint density at radius 1 is 1.02 bits per heavy atom. The molecule has 2 aliphatic heterocycles. The lowest BCUT2D eigenvalue weighted by Gasteiger charge is -2.34. The van der Waals surface area contributed by atoms with Gasteiger partial charge in [0.2, 0.25) is 0 Å². The molecule has 8 rings (SSSR count). The van der Waals surface area contributed by atoms with Gasteiger partial charge in [-0.1, -0.05) is 40.2 Å². The number of rotatable bonds is 7. The van der Waals surface area contributed by atoms with Crippen LogP contribution in [0.25, 0.3) is 28.0 Å². The summed E-state index contributed by atoms with van der Waals surface area (Å²) >= 11 is 2.94. The number of carbonyl (C=O) groups is 2. The number of nitrogens with one attached hydrogen (secondary N) is 2. The molecule has 12 nitrogen and oxygen atoms in total. The quantitative estimate of drug-likeness (QED) is 0.223. The van der Waals surface area contributed by atoms with E-state index in [0.29, 0.717) is 17.1 Å². The van der Waals surface area contributed by atoms with Gasteiger partial charge in [-0.15, -0.1) is 0 Å². The summed E-state index contributed by atoms with van der Waals surface area (Å²) in [6, 6.07) is 17.4. The Morgan fingerprint density at radius 3 is 2.53 bits per heavy atom. The first-order chi connectivity index (χ1) is 25.5. The smallest absolute Gasteiger partial charge is 0.347 e. The molecule has 1 atom stereocenters. The van der Waals surface area contributed by atoms with Gasteiger partial charge in [-0.05, 0) is 55.0 Å². The molecule has 270 valence electrons. The van der Waals surface area contributed by atoms with Crippen molar-refractivity contribution in [2.75, 3.05) is 13.1 Å². The largest absolute Gasteiger partial charge is 0.417 e. The Balaban J connectivity index is 1.20. The van der Waals surface area contributed by atoms with Crippen molar-refractivity contribution in [1.82, 2.24) is 44.4 Å². The van der Waals surface area contributed by atoms with Crippen molar-refractivity contribution in [2.45, 2.75) is 44.8 Å². The van der Waals surface area contributed by atoms with Crippen molar-refractivity contribution in [3.05, 3.63) is 128 Å². The van der Waals surface area contributed by atoms with Crippen molar-refractivity contribution in [3.8, 4) is 17.1 Å². The van der Waals surface area contributed by atoms with E-state index < -0.39 is 35.3 Å². The Morgan fingerprint density at radius 2 is 1.79 bits per heavy atom. The van der Waals surface area contributed by atoms with Gasteiger partial charge in [0.15, 0.2) is 5.82 Å². The fourth-order valence-corrected chi connectivity index (χ4v) is 7.38. The Labute approximate surface area is 308 Å². The first-order valence-electron chi connectivity index (χ1n) is 16.8. The number of amides is 2. The molecule has 0 aliphatic carbocycles. The molecule has 0 spiro atoms. The Hall–Kier alpha value is -5.61. The van der Waals surface area contributed by atoms with Gasteiger partial charge in [0.1, 0.15) is 5.69 Å². The highest BCUT2D eigenvalue weighted by Crippen LogP contribution is 2.36. The minimum atomic E-state index is -4.69. The molecule has 5 heterocycles. The number of hydrogen-bond donors (Lipinski definition) is 2. The van der Waals surface area contributed by atoms with Crippen LogP contribution in [0.5, 0.6) is 0 Å². The topological polar surface area (TPSA) is 132 Å². The normalized spacial score (nSPS) is 16.0. The molecule has 0 saturated carbocycles. The molecule has 0 unspecified atom stereocenters. The van der Waals surface area contributed by atoms with Gasteiger partial charge in [0.05, 0.1) is 41.2 Å². The monoisotopic (exact) mass is 785 g/mol. The van der Waals surface area contributed by atoms with Crippen LogP contribution in [0.3, 0.4) is 0 Å². The van der Waals surface area contributed by atoms with Crippen LogP contribution in [0.1, 0.15) is 50.6 Å². The predicted octanol–water partition coefficient (Wildman–Crippen LogP) is 5.35. The molecule has 16 heteroatoms. The molecule has 6 aromatic rings. The van der Waals surface area contributed by atoms with E-state index in [1.807, 2.05) is 35.0 Å². The highest BCUT2D eigenvalue weighted by atomic mass is 79.9. The number of nitrogens with zero attached hydrogens (tertiary/aromatic N) is 7. The van der Waals surface area contributed by atoms with Gasteiger partial charge >= 0.3 is 11.9 Å². The van der Waals surface area contributed by atoms with Crippen LogP contribution in [0.2, 0.25) is 0 Å². The lowest BCUT2D eigenvalue weighted by molar-refractivity contribution is -0.138. The number of aromatic nitrogens is 6. The lowest BCUT2D eigenvalue weighted by Crippen LogP contribution is -2.47. The van der Waals surface area contributed by atoms with E-state index in [-0.39, 0.29) is 47.1 Å². The average molecular weight is 787 g/mol. The van der Waals surface area contributed by atoms with E-state index in [0.717, 1.165) is 35.6 Å².